The molecular weight excluding hydrogens is 314 g/mol. The molecule has 0 heterocycles. The highest BCUT2D eigenvalue weighted by Crippen LogP contribution is 2.30. The number of aryl methyl sites for hydroxylation is 2. The molecule has 0 aromatic heterocycles. The van der Waals surface area contributed by atoms with Gasteiger partial charge in [-0.05, 0) is 61.9 Å². The summed E-state index contributed by atoms with van der Waals surface area (Å²) in [6.07, 6.45) is 6.67. The normalized spacial score (nSPS) is 10.5. The molecule has 0 atom stereocenters. The number of unbranched alkanes of at least 4 members (excludes halogenated alkanes) is 2. The van der Waals surface area contributed by atoms with Crippen LogP contribution in [0.2, 0.25) is 0 Å². The third-order valence-electron chi connectivity index (χ3n) is 4.61. The first-order chi connectivity index (χ1) is 12.8. The summed E-state index contributed by atoms with van der Waals surface area (Å²) in [5.74, 6) is 0. The van der Waals surface area contributed by atoms with E-state index < -0.39 is 0 Å². The molecule has 0 fully saturated rings. The fourth-order valence-electron chi connectivity index (χ4n) is 3.18. The molecule has 0 amide bonds. The van der Waals surface area contributed by atoms with Gasteiger partial charge in [0.25, 0.3) is 0 Å². The molecule has 3 aromatic rings. The van der Waals surface area contributed by atoms with E-state index >= 15 is 0 Å². The molecule has 0 aliphatic carbocycles. The van der Waals surface area contributed by atoms with E-state index in [0.29, 0.717) is 0 Å². The molecule has 0 radical (unpaired) electrons. The van der Waals surface area contributed by atoms with Crippen LogP contribution in [0.15, 0.2) is 85.5 Å². The molecule has 0 unspecified atom stereocenters. The van der Waals surface area contributed by atoms with Crippen LogP contribution in [0.5, 0.6) is 0 Å². The first-order valence-electron chi connectivity index (χ1n) is 9.39. The topological polar surface area (TPSA) is 12.0 Å². The van der Waals surface area contributed by atoms with Crippen molar-refractivity contribution in [3.8, 4) is 11.1 Å². The van der Waals surface area contributed by atoms with Gasteiger partial charge >= 0.3 is 0 Å². The number of allylic oxidation sites excluding steroid dienone is 1. The van der Waals surface area contributed by atoms with Crippen LogP contribution in [0.4, 0.5) is 11.4 Å². The number of para-hydroxylation sites is 1. The van der Waals surface area contributed by atoms with Gasteiger partial charge in [0.1, 0.15) is 0 Å². The van der Waals surface area contributed by atoms with Gasteiger partial charge in [0.2, 0.25) is 0 Å². The smallest absolute Gasteiger partial charge is 0.0463 e. The minimum Gasteiger partial charge on any atom is -0.355 e. The monoisotopic (exact) mass is 341 g/mol. The van der Waals surface area contributed by atoms with Crippen molar-refractivity contribution in [2.75, 3.05) is 5.32 Å². The standard InChI is InChI=1S/C25H27N/c1-3-4-5-6-11-21-15-17-23(18-16-21)26-25-14-8-7-13-24(25)22-12-9-10-20(2)19-22/h3,7-10,12-19,26H,1,4-6,11H2,2H3. The van der Waals surface area contributed by atoms with E-state index in [1.165, 1.54) is 35.1 Å². The Hall–Kier alpha value is -2.80. The van der Waals surface area contributed by atoms with Gasteiger partial charge < -0.3 is 5.32 Å². The van der Waals surface area contributed by atoms with Crippen molar-refractivity contribution in [2.45, 2.75) is 32.6 Å². The summed E-state index contributed by atoms with van der Waals surface area (Å²) in [5.41, 5.74) is 7.40. The number of rotatable bonds is 8. The van der Waals surface area contributed by atoms with Crippen molar-refractivity contribution in [3.05, 3.63) is 96.6 Å². The fraction of sp³-hybridized carbons (Fsp3) is 0.200. The lowest BCUT2D eigenvalue weighted by Crippen LogP contribution is -1.94. The maximum atomic E-state index is 3.78. The summed E-state index contributed by atoms with van der Waals surface area (Å²) in [6, 6.07) is 25.9. The summed E-state index contributed by atoms with van der Waals surface area (Å²) in [7, 11) is 0. The third-order valence-corrected chi connectivity index (χ3v) is 4.61. The summed E-state index contributed by atoms with van der Waals surface area (Å²) >= 11 is 0. The first-order valence-corrected chi connectivity index (χ1v) is 9.39. The Kier molecular flexibility index (Phi) is 6.27. The molecular formula is C25H27N. The van der Waals surface area contributed by atoms with E-state index in [4.69, 9.17) is 0 Å². The molecule has 3 aromatic carbocycles. The average molecular weight is 341 g/mol. The van der Waals surface area contributed by atoms with Crippen LogP contribution < -0.4 is 5.32 Å². The SMILES string of the molecule is C=CCCCCc1ccc(Nc2ccccc2-c2cccc(C)c2)cc1. The largest absolute Gasteiger partial charge is 0.355 e. The van der Waals surface area contributed by atoms with Crippen LogP contribution in [-0.4, -0.2) is 0 Å². The van der Waals surface area contributed by atoms with Crippen molar-refractivity contribution in [1.82, 2.24) is 0 Å². The van der Waals surface area contributed by atoms with Crippen LogP contribution in [0, 0.1) is 6.92 Å². The first kappa shape index (κ1) is 18.0. The highest BCUT2D eigenvalue weighted by Gasteiger charge is 2.05. The zero-order valence-electron chi connectivity index (χ0n) is 15.5. The van der Waals surface area contributed by atoms with Crippen LogP contribution in [0.1, 0.15) is 30.4 Å². The lowest BCUT2D eigenvalue weighted by molar-refractivity contribution is 0.748. The lowest BCUT2D eigenvalue weighted by Gasteiger charge is -2.13. The van der Waals surface area contributed by atoms with Crippen molar-refractivity contribution >= 4 is 11.4 Å². The van der Waals surface area contributed by atoms with E-state index in [-0.39, 0.29) is 0 Å². The Morgan fingerprint density at radius 1 is 0.885 bits per heavy atom. The third kappa shape index (κ3) is 4.86. The number of hydrogen-bond donors (Lipinski definition) is 1. The number of nitrogens with one attached hydrogen (secondary N) is 1. The Balaban J connectivity index is 1.72. The van der Waals surface area contributed by atoms with Gasteiger partial charge in [-0.2, -0.15) is 0 Å². The van der Waals surface area contributed by atoms with E-state index in [2.05, 4.69) is 91.6 Å². The van der Waals surface area contributed by atoms with Gasteiger partial charge in [-0.1, -0.05) is 66.2 Å². The summed E-state index contributed by atoms with van der Waals surface area (Å²) in [6.45, 7) is 5.91. The Bertz CT molecular complexity index is 846. The van der Waals surface area contributed by atoms with Crippen molar-refractivity contribution in [2.24, 2.45) is 0 Å². The summed E-state index contributed by atoms with van der Waals surface area (Å²) in [4.78, 5) is 0. The minimum atomic E-state index is 1.11. The lowest BCUT2D eigenvalue weighted by atomic mass is 10.0. The second-order valence-corrected chi connectivity index (χ2v) is 6.77. The maximum Gasteiger partial charge on any atom is 0.0463 e. The van der Waals surface area contributed by atoms with Crippen molar-refractivity contribution < 1.29 is 0 Å². The zero-order chi connectivity index (χ0) is 18.2. The van der Waals surface area contributed by atoms with Gasteiger partial charge in [0, 0.05) is 16.9 Å². The number of benzene rings is 3. The average Bonchev–Trinajstić information content (AvgIpc) is 2.67. The van der Waals surface area contributed by atoms with E-state index in [1.54, 1.807) is 0 Å². The molecule has 1 N–H and O–H groups in total. The second kappa shape index (κ2) is 9.05. The van der Waals surface area contributed by atoms with Crippen LogP contribution in [-0.2, 0) is 6.42 Å². The van der Waals surface area contributed by atoms with Crippen LogP contribution in [0.3, 0.4) is 0 Å². The zero-order valence-corrected chi connectivity index (χ0v) is 15.5. The maximum absolute atomic E-state index is 3.78. The molecule has 0 aliphatic heterocycles. The number of hydrogen-bond acceptors (Lipinski definition) is 1. The molecule has 0 bridgehead atoms. The highest BCUT2D eigenvalue weighted by molar-refractivity contribution is 5.81. The van der Waals surface area contributed by atoms with Gasteiger partial charge in [-0.25, -0.2) is 0 Å². The van der Waals surface area contributed by atoms with E-state index in [1.807, 2.05) is 6.08 Å². The summed E-state index contributed by atoms with van der Waals surface area (Å²) in [5, 5.41) is 3.58. The minimum absolute atomic E-state index is 1.11. The van der Waals surface area contributed by atoms with Crippen LogP contribution in [0.25, 0.3) is 11.1 Å². The molecule has 26 heavy (non-hydrogen) atoms. The molecule has 132 valence electrons. The molecule has 1 nitrogen and oxygen atoms in total. The van der Waals surface area contributed by atoms with Gasteiger partial charge in [-0.3, -0.25) is 0 Å². The summed E-state index contributed by atoms with van der Waals surface area (Å²) < 4.78 is 0. The van der Waals surface area contributed by atoms with E-state index in [9.17, 15) is 0 Å². The number of anilines is 2. The molecule has 3 rings (SSSR count). The molecule has 0 saturated heterocycles. The fourth-order valence-corrected chi connectivity index (χ4v) is 3.18. The van der Waals surface area contributed by atoms with Gasteiger partial charge in [-0.15, -0.1) is 6.58 Å². The van der Waals surface area contributed by atoms with Crippen LogP contribution >= 0.6 is 0 Å². The molecule has 0 saturated carbocycles. The quantitative estimate of drug-likeness (QED) is 0.335. The molecule has 1 heteroatoms. The Labute approximate surface area is 157 Å². The predicted molar refractivity (Wildman–Crippen MR) is 114 cm³/mol. The molecule has 0 aliphatic rings. The van der Waals surface area contributed by atoms with E-state index in [0.717, 1.165) is 24.2 Å². The van der Waals surface area contributed by atoms with Gasteiger partial charge in [0.15, 0.2) is 0 Å². The highest BCUT2D eigenvalue weighted by atomic mass is 14.9. The second-order valence-electron chi connectivity index (χ2n) is 6.77. The predicted octanol–water partition coefficient (Wildman–Crippen LogP) is 7.30. The van der Waals surface area contributed by atoms with Crippen molar-refractivity contribution in [3.63, 3.8) is 0 Å². The molecule has 0 spiro atoms. The Morgan fingerprint density at radius 2 is 1.69 bits per heavy atom. The van der Waals surface area contributed by atoms with Crippen molar-refractivity contribution in [1.29, 1.82) is 0 Å². The Morgan fingerprint density at radius 3 is 2.46 bits per heavy atom. The van der Waals surface area contributed by atoms with Gasteiger partial charge in [0.05, 0.1) is 0 Å².